The lowest BCUT2D eigenvalue weighted by Crippen LogP contribution is -2.45. The number of piperidine rings is 1. The van der Waals surface area contributed by atoms with Crippen molar-refractivity contribution in [3.63, 3.8) is 0 Å². The first-order valence-corrected chi connectivity index (χ1v) is 9.38. The van der Waals surface area contributed by atoms with Crippen LogP contribution in [0.3, 0.4) is 0 Å². The highest BCUT2D eigenvalue weighted by atomic mass is 16.2. The molecule has 0 unspecified atom stereocenters. The van der Waals surface area contributed by atoms with E-state index in [1.807, 2.05) is 14.5 Å². The number of carbonyl (C=O) groups is 2. The van der Waals surface area contributed by atoms with Crippen LogP contribution >= 0.6 is 0 Å². The average molecular weight is 348 g/mol. The summed E-state index contributed by atoms with van der Waals surface area (Å²) in [5, 5.41) is 7.07. The molecule has 2 saturated heterocycles. The predicted molar refractivity (Wildman–Crippen MR) is 92.9 cm³/mol. The zero-order chi connectivity index (χ0) is 17.5. The number of amides is 3. The van der Waals surface area contributed by atoms with Gasteiger partial charge in [-0.05, 0) is 25.7 Å². The molecule has 3 rings (SSSR count). The third-order valence-corrected chi connectivity index (χ3v) is 5.14. The minimum Gasteiger partial charge on any atom is -0.343 e. The number of nitrogens with one attached hydrogen (secondary N) is 1. The first kappa shape index (κ1) is 17.7. The van der Waals surface area contributed by atoms with Crippen molar-refractivity contribution in [2.75, 3.05) is 32.7 Å². The van der Waals surface area contributed by atoms with Crippen LogP contribution in [0.25, 0.3) is 0 Å². The predicted octanol–water partition coefficient (Wildman–Crippen LogP) is 1.42. The normalized spacial score (nSPS) is 19.5. The number of rotatable bonds is 4. The lowest BCUT2D eigenvalue weighted by molar-refractivity contribution is -0.131. The van der Waals surface area contributed by atoms with E-state index in [2.05, 4.69) is 15.4 Å². The lowest BCUT2D eigenvalue weighted by atomic mass is 10.1. The molecule has 8 nitrogen and oxygen atoms in total. The van der Waals surface area contributed by atoms with E-state index >= 15 is 0 Å². The third-order valence-electron chi connectivity index (χ3n) is 5.14. The quantitative estimate of drug-likeness (QED) is 0.892. The molecule has 8 heteroatoms. The fourth-order valence-corrected chi connectivity index (χ4v) is 3.61. The summed E-state index contributed by atoms with van der Waals surface area (Å²) >= 11 is 0. The Kier molecular flexibility index (Phi) is 6.25. The zero-order valence-electron chi connectivity index (χ0n) is 14.8. The highest BCUT2D eigenvalue weighted by molar-refractivity contribution is 5.78. The summed E-state index contributed by atoms with van der Waals surface area (Å²) in [4.78, 5) is 32.2. The van der Waals surface area contributed by atoms with Crippen LogP contribution in [0.4, 0.5) is 4.79 Å². The molecule has 2 fully saturated rings. The van der Waals surface area contributed by atoms with E-state index in [1.165, 1.54) is 12.8 Å². The maximum Gasteiger partial charge on any atom is 0.317 e. The zero-order valence-corrected chi connectivity index (χ0v) is 14.8. The summed E-state index contributed by atoms with van der Waals surface area (Å²) in [6.07, 6.45) is 10.0. The molecule has 0 atom stereocenters. The van der Waals surface area contributed by atoms with Gasteiger partial charge in [0, 0.05) is 39.1 Å². The number of nitrogens with zero attached hydrogens (tertiary/aromatic N) is 5. The Labute approximate surface area is 148 Å². The van der Waals surface area contributed by atoms with E-state index in [-0.39, 0.29) is 11.9 Å². The van der Waals surface area contributed by atoms with Crippen molar-refractivity contribution in [2.24, 2.45) is 0 Å². The molecule has 3 amide bonds. The molecular weight excluding hydrogens is 320 g/mol. The molecule has 1 aromatic rings. The fourth-order valence-electron chi connectivity index (χ4n) is 3.61. The van der Waals surface area contributed by atoms with Crippen molar-refractivity contribution >= 4 is 11.9 Å². The maximum absolute atomic E-state index is 12.3. The Morgan fingerprint density at radius 3 is 2.36 bits per heavy atom. The van der Waals surface area contributed by atoms with Crippen LogP contribution in [-0.4, -0.2) is 69.2 Å². The Morgan fingerprint density at radius 1 is 1.00 bits per heavy atom. The Balaban J connectivity index is 1.35. The van der Waals surface area contributed by atoms with Gasteiger partial charge < -0.3 is 15.1 Å². The van der Waals surface area contributed by atoms with Gasteiger partial charge in [-0.25, -0.2) is 14.5 Å². The van der Waals surface area contributed by atoms with Gasteiger partial charge in [-0.3, -0.25) is 4.79 Å². The Morgan fingerprint density at radius 2 is 1.72 bits per heavy atom. The van der Waals surface area contributed by atoms with Crippen LogP contribution < -0.4 is 5.32 Å². The summed E-state index contributed by atoms with van der Waals surface area (Å²) < 4.78 is 1.87. The SMILES string of the molecule is O=C(CCNC(=O)N1CCC(n2cncn2)CC1)N1CCCCCC1. The second-order valence-corrected chi connectivity index (χ2v) is 6.87. The first-order chi connectivity index (χ1) is 12.2. The van der Waals surface area contributed by atoms with Crippen molar-refractivity contribution in [3.05, 3.63) is 12.7 Å². The Hall–Kier alpha value is -2.12. The average Bonchev–Trinajstić information content (AvgIpc) is 3.04. The third kappa shape index (κ3) is 4.93. The molecule has 2 aliphatic rings. The summed E-state index contributed by atoms with van der Waals surface area (Å²) in [6, 6.07) is 0.247. The van der Waals surface area contributed by atoms with Crippen LogP contribution in [0.2, 0.25) is 0 Å². The van der Waals surface area contributed by atoms with Gasteiger partial charge in [-0.15, -0.1) is 0 Å². The minimum absolute atomic E-state index is 0.0688. The molecule has 1 aromatic heterocycles. The molecule has 0 spiro atoms. The molecule has 0 radical (unpaired) electrons. The number of hydrogen-bond donors (Lipinski definition) is 1. The summed E-state index contributed by atoms with van der Waals surface area (Å²) in [5.74, 6) is 0.159. The van der Waals surface area contributed by atoms with Crippen LogP contribution in [0.15, 0.2) is 12.7 Å². The first-order valence-electron chi connectivity index (χ1n) is 9.38. The van der Waals surface area contributed by atoms with Gasteiger partial charge in [0.2, 0.25) is 5.91 Å². The highest BCUT2D eigenvalue weighted by Gasteiger charge is 2.24. The largest absolute Gasteiger partial charge is 0.343 e. The summed E-state index contributed by atoms with van der Waals surface area (Å²) in [6.45, 7) is 3.55. The van der Waals surface area contributed by atoms with Crippen molar-refractivity contribution in [1.82, 2.24) is 29.9 Å². The smallest absolute Gasteiger partial charge is 0.317 e. The molecule has 0 aromatic carbocycles. The van der Waals surface area contributed by atoms with Crippen LogP contribution in [0.1, 0.15) is 51.0 Å². The standard InChI is InChI=1S/C17H28N6O2/c24-16(21-9-3-1-2-4-10-21)5-8-19-17(25)22-11-6-15(7-12-22)23-14-18-13-20-23/h13-15H,1-12H2,(H,19,25). The second kappa shape index (κ2) is 8.82. The molecule has 0 bridgehead atoms. The van der Waals surface area contributed by atoms with Gasteiger partial charge in [-0.2, -0.15) is 5.10 Å². The molecule has 0 aliphatic carbocycles. The molecular formula is C17H28N6O2. The molecule has 2 aliphatic heterocycles. The molecule has 3 heterocycles. The molecule has 138 valence electrons. The van der Waals surface area contributed by atoms with Gasteiger partial charge in [-0.1, -0.05) is 12.8 Å². The number of likely N-dealkylation sites (tertiary alicyclic amines) is 2. The van der Waals surface area contributed by atoms with Crippen LogP contribution in [0, 0.1) is 0 Å². The molecule has 1 N–H and O–H groups in total. The molecule has 25 heavy (non-hydrogen) atoms. The van der Waals surface area contributed by atoms with Gasteiger partial charge >= 0.3 is 6.03 Å². The van der Waals surface area contributed by atoms with Crippen LogP contribution in [-0.2, 0) is 4.79 Å². The minimum atomic E-state index is -0.0688. The van der Waals surface area contributed by atoms with E-state index in [0.29, 0.717) is 32.1 Å². The summed E-state index contributed by atoms with van der Waals surface area (Å²) in [5.41, 5.74) is 0. The highest BCUT2D eigenvalue weighted by Crippen LogP contribution is 2.20. The second-order valence-electron chi connectivity index (χ2n) is 6.87. The fraction of sp³-hybridized carbons (Fsp3) is 0.765. The van der Waals surface area contributed by atoms with Crippen molar-refractivity contribution < 1.29 is 9.59 Å². The summed E-state index contributed by atoms with van der Waals surface area (Å²) in [7, 11) is 0. The number of hydrogen-bond acceptors (Lipinski definition) is 4. The molecule has 0 saturated carbocycles. The van der Waals surface area contributed by atoms with E-state index < -0.39 is 0 Å². The Bertz CT molecular complexity index is 545. The van der Waals surface area contributed by atoms with Gasteiger partial charge in [0.1, 0.15) is 12.7 Å². The van der Waals surface area contributed by atoms with Gasteiger partial charge in [0.05, 0.1) is 6.04 Å². The van der Waals surface area contributed by atoms with Gasteiger partial charge in [0.15, 0.2) is 0 Å². The van der Waals surface area contributed by atoms with E-state index in [1.54, 1.807) is 12.7 Å². The number of carbonyl (C=O) groups excluding carboxylic acids is 2. The number of urea groups is 1. The monoisotopic (exact) mass is 348 g/mol. The van der Waals surface area contributed by atoms with Crippen LogP contribution in [0.5, 0.6) is 0 Å². The van der Waals surface area contributed by atoms with Crippen molar-refractivity contribution in [3.8, 4) is 0 Å². The van der Waals surface area contributed by atoms with Crippen molar-refractivity contribution in [1.29, 1.82) is 0 Å². The lowest BCUT2D eigenvalue weighted by Gasteiger charge is -2.32. The van der Waals surface area contributed by atoms with E-state index in [0.717, 1.165) is 38.8 Å². The maximum atomic E-state index is 12.3. The van der Waals surface area contributed by atoms with E-state index in [4.69, 9.17) is 0 Å². The van der Waals surface area contributed by atoms with Gasteiger partial charge in [0.25, 0.3) is 0 Å². The van der Waals surface area contributed by atoms with Crippen molar-refractivity contribution in [2.45, 2.75) is 51.0 Å². The number of aromatic nitrogens is 3. The topological polar surface area (TPSA) is 83.4 Å². The van der Waals surface area contributed by atoms with E-state index in [9.17, 15) is 9.59 Å².